The van der Waals surface area contributed by atoms with E-state index in [4.69, 9.17) is 4.74 Å². The highest BCUT2D eigenvalue weighted by Crippen LogP contribution is 2.13. The summed E-state index contributed by atoms with van der Waals surface area (Å²) in [6, 6.07) is 14.8. The van der Waals surface area contributed by atoms with Gasteiger partial charge in [-0.2, -0.15) is 0 Å². The first-order chi connectivity index (χ1) is 16.8. The van der Waals surface area contributed by atoms with E-state index in [1.54, 1.807) is 40.1 Å². The molecule has 186 valence electrons. The molecule has 1 saturated heterocycles. The lowest BCUT2D eigenvalue weighted by Crippen LogP contribution is -2.51. The van der Waals surface area contributed by atoms with Crippen LogP contribution < -0.4 is 10.1 Å². The Balaban J connectivity index is 1.38. The van der Waals surface area contributed by atoms with Gasteiger partial charge in [-0.15, -0.1) is 0 Å². The molecule has 3 rings (SSSR count). The second-order valence-corrected chi connectivity index (χ2v) is 8.44. The van der Waals surface area contributed by atoms with Crippen LogP contribution in [0.1, 0.15) is 35.2 Å². The third-order valence-corrected chi connectivity index (χ3v) is 5.88. The molecule has 9 nitrogen and oxygen atoms in total. The molecule has 2 aromatic carbocycles. The Morgan fingerprint density at radius 1 is 0.886 bits per heavy atom. The zero-order valence-corrected chi connectivity index (χ0v) is 19.8. The minimum atomic E-state index is -1.19. The molecule has 0 saturated carbocycles. The number of benzene rings is 2. The Labute approximate surface area is 204 Å². The maximum absolute atomic E-state index is 12.6. The number of piperazine rings is 1. The normalized spacial score (nSPS) is 14.2. The van der Waals surface area contributed by atoms with Gasteiger partial charge in [-0.1, -0.05) is 35.9 Å². The summed E-state index contributed by atoms with van der Waals surface area (Å²) in [6.45, 7) is 3.89. The van der Waals surface area contributed by atoms with E-state index in [2.05, 4.69) is 5.32 Å². The zero-order valence-electron chi connectivity index (χ0n) is 19.8. The number of rotatable bonds is 10. The molecule has 3 amide bonds. The number of carboxylic acid groups (broad SMARTS) is 1. The molecule has 1 heterocycles. The van der Waals surface area contributed by atoms with Gasteiger partial charge in [0.1, 0.15) is 11.8 Å². The number of hydrogen-bond donors (Lipinski definition) is 2. The predicted molar refractivity (Wildman–Crippen MR) is 129 cm³/mol. The number of carboxylic acids is 1. The average Bonchev–Trinajstić information content (AvgIpc) is 2.87. The predicted octanol–water partition coefficient (Wildman–Crippen LogP) is 2.10. The maximum atomic E-state index is 12.6. The molecule has 2 aromatic rings. The lowest BCUT2D eigenvalue weighted by atomic mass is 10.1. The SMILES string of the molecule is Cc1ccc(OCCC(=O)N2CCN(C(=O)CC[C@H](NC(=O)c3ccccc3)C(=O)O)CC2)cc1. The van der Waals surface area contributed by atoms with E-state index in [9.17, 15) is 24.3 Å². The number of amides is 3. The van der Waals surface area contributed by atoms with E-state index in [0.29, 0.717) is 31.7 Å². The molecular formula is C26H31N3O6. The summed E-state index contributed by atoms with van der Waals surface area (Å²) >= 11 is 0. The topological polar surface area (TPSA) is 116 Å². The number of nitrogens with zero attached hydrogens (tertiary/aromatic N) is 2. The fourth-order valence-electron chi connectivity index (χ4n) is 3.77. The van der Waals surface area contributed by atoms with Crippen molar-refractivity contribution in [2.45, 2.75) is 32.2 Å². The van der Waals surface area contributed by atoms with Gasteiger partial charge in [-0.3, -0.25) is 14.4 Å². The molecule has 1 fully saturated rings. The maximum Gasteiger partial charge on any atom is 0.326 e. The zero-order chi connectivity index (χ0) is 25.2. The van der Waals surface area contributed by atoms with Crippen molar-refractivity contribution < 1.29 is 29.0 Å². The molecular weight excluding hydrogens is 450 g/mol. The van der Waals surface area contributed by atoms with Crippen molar-refractivity contribution in [1.29, 1.82) is 0 Å². The van der Waals surface area contributed by atoms with Crippen LogP contribution in [-0.4, -0.2) is 77.4 Å². The number of carbonyl (C=O) groups excluding carboxylic acids is 3. The summed E-state index contributed by atoms with van der Waals surface area (Å²) in [4.78, 5) is 52.2. The molecule has 0 aliphatic carbocycles. The summed E-state index contributed by atoms with van der Waals surface area (Å²) in [5.74, 6) is -1.19. The average molecular weight is 482 g/mol. The number of carbonyl (C=O) groups is 4. The molecule has 2 N–H and O–H groups in total. The van der Waals surface area contributed by atoms with E-state index in [1.165, 1.54) is 0 Å². The van der Waals surface area contributed by atoms with E-state index < -0.39 is 17.9 Å². The van der Waals surface area contributed by atoms with Gasteiger partial charge in [0, 0.05) is 38.2 Å². The Bertz CT molecular complexity index is 1020. The molecule has 0 spiro atoms. The van der Waals surface area contributed by atoms with Crippen LogP contribution in [0.4, 0.5) is 0 Å². The highest BCUT2D eigenvalue weighted by molar-refractivity contribution is 5.96. The van der Waals surface area contributed by atoms with Crippen molar-refractivity contribution in [3.8, 4) is 5.75 Å². The van der Waals surface area contributed by atoms with Crippen molar-refractivity contribution in [3.63, 3.8) is 0 Å². The second-order valence-electron chi connectivity index (χ2n) is 8.44. The van der Waals surface area contributed by atoms with Crippen LogP contribution in [0.5, 0.6) is 5.75 Å². The molecule has 9 heteroatoms. The van der Waals surface area contributed by atoms with E-state index in [0.717, 1.165) is 11.3 Å². The number of nitrogens with one attached hydrogen (secondary N) is 1. The van der Waals surface area contributed by atoms with Gasteiger partial charge < -0.3 is 25.0 Å². The Hall–Kier alpha value is -3.88. The van der Waals surface area contributed by atoms with Gasteiger partial charge in [0.25, 0.3) is 5.91 Å². The van der Waals surface area contributed by atoms with Gasteiger partial charge in [-0.25, -0.2) is 4.79 Å². The minimum absolute atomic E-state index is 0.00955. The summed E-state index contributed by atoms with van der Waals surface area (Å²) < 4.78 is 5.62. The lowest BCUT2D eigenvalue weighted by molar-refractivity contribution is -0.141. The third kappa shape index (κ3) is 7.84. The smallest absolute Gasteiger partial charge is 0.326 e. The van der Waals surface area contributed by atoms with Crippen LogP contribution in [0, 0.1) is 6.92 Å². The summed E-state index contributed by atoms with van der Waals surface area (Å²) in [6.07, 6.45) is 0.232. The fourth-order valence-corrected chi connectivity index (χ4v) is 3.77. The van der Waals surface area contributed by atoms with Crippen molar-refractivity contribution in [1.82, 2.24) is 15.1 Å². The molecule has 0 radical (unpaired) electrons. The second kappa shape index (κ2) is 12.5. The first-order valence-electron chi connectivity index (χ1n) is 11.7. The highest BCUT2D eigenvalue weighted by Gasteiger charge is 2.26. The highest BCUT2D eigenvalue weighted by atomic mass is 16.5. The number of ether oxygens (including phenoxy) is 1. The van der Waals surface area contributed by atoms with Crippen LogP contribution in [0.2, 0.25) is 0 Å². The van der Waals surface area contributed by atoms with Gasteiger partial charge >= 0.3 is 5.97 Å². The Morgan fingerprint density at radius 2 is 1.46 bits per heavy atom. The number of aryl methyl sites for hydroxylation is 1. The van der Waals surface area contributed by atoms with Crippen LogP contribution in [-0.2, 0) is 14.4 Å². The molecule has 0 bridgehead atoms. The quantitative estimate of drug-likeness (QED) is 0.537. The van der Waals surface area contributed by atoms with Gasteiger partial charge in [0.2, 0.25) is 11.8 Å². The Kier molecular flexibility index (Phi) is 9.23. The van der Waals surface area contributed by atoms with Crippen LogP contribution >= 0.6 is 0 Å². The van der Waals surface area contributed by atoms with Crippen LogP contribution in [0.15, 0.2) is 54.6 Å². The van der Waals surface area contributed by atoms with E-state index >= 15 is 0 Å². The lowest BCUT2D eigenvalue weighted by Gasteiger charge is -2.35. The van der Waals surface area contributed by atoms with Gasteiger partial charge in [0.05, 0.1) is 13.0 Å². The molecule has 1 aliphatic rings. The Morgan fingerprint density at radius 3 is 2.03 bits per heavy atom. The summed E-state index contributed by atoms with van der Waals surface area (Å²) in [7, 11) is 0. The largest absolute Gasteiger partial charge is 0.493 e. The number of hydrogen-bond acceptors (Lipinski definition) is 5. The summed E-state index contributed by atoms with van der Waals surface area (Å²) in [5, 5.41) is 11.9. The van der Waals surface area contributed by atoms with E-state index in [1.807, 2.05) is 31.2 Å². The van der Waals surface area contributed by atoms with Crippen LogP contribution in [0.3, 0.4) is 0 Å². The fraction of sp³-hybridized carbons (Fsp3) is 0.385. The molecule has 0 aromatic heterocycles. The van der Waals surface area contributed by atoms with Crippen molar-refractivity contribution >= 4 is 23.7 Å². The molecule has 1 atom stereocenters. The molecule has 0 unspecified atom stereocenters. The number of aliphatic carboxylic acids is 1. The first-order valence-corrected chi connectivity index (χ1v) is 11.7. The minimum Gasteiger partial charge on any atom is -0.493 e. The van der Waals surface area contributed by atoms with Crippen molar-refractivity contribution in [2.24, 2.45) is 0 Å². The van der Waals surface area contributed by atoms with Gasteiger partial charge in [-0.05, 0) is 37.6 Å². The van der Waals surface area contributed by atoms with E-state index in [-0.39, 0.29) is 37.7 Å². The first kappa shape index (κ1) is 25.7. The molecule has 1 aliphatic heterocycles. The third-order valence-electron chi connectivity index (χ3n) is 5.88. The molecule has 35 heavy (non-hydrogen) atoms. The standard InChI is InChI=1S/C26H31N3O6/c1-19-7-9-21(10-8-19)35-18-13-24(31)29-16-14-28(15-17-29)23(30)12-11-22(26(33)34)27-25(32)20-5-3-2-4-6-20/h2-10,22H,11-18H2,1H3,(H,27,32)(H,33,34)/t22-/m0/s1. The monoisotopic (exact) mass is 481 g/mol. The van der Waals surface area contributed by atoms with Crippen molar-refractivity contribution in [3.05, 3.63) is 65.7 Å². The van der Waals surface area contributed by atoms with Gasteiger partial charge in [0.15, 0.2) is 0 Å². The summed E-state index contributed by atoms with van der Waals surface area (Å²) in [5.41, 5.74) is 1.49. The van der Waals surface area contributed by atoms with Crippen molar-refractivity contribution in [2.75, 3.05) is 32.8 Å². The van der Waals surface area contributed by atoms with Crippen LogP contribution in [0.25, 0.3) is 0 Å².